The van der Waals surface area contributed by atoms with E-state index in [0.717, 1.165) is 35.3 Å². The third-order valence-electron chi connectivity index (χ3n) is 4.85. The summed E-state index contributed by atoms with van der Waals surface area (Å²) in [5.74, 6) is 2.42. The van der Waals surface area contributed by atoms with Crippen molar-refractivity contribution >= 4 is 10.8 Å². The molecule has 3 rings (SSSR count). The molecule has 2 aromatic rings. The van der Waals surface area contributed by atoms with Crippen LogP contribution < -0.4 is 4.74 Å². The summed E-state index contributed by atoms with van der Waals surface area (Å²) in [6, 6.07) is 14.1. The summed E-state index contributed by atoms with van der Waals surface area (Å²) >= 11 is 0. The predicted molar refractivity (Wildman–Crippen MR) is 85.3 cm³/mol. The second kappa shape index (κ2) is 5.77. The van der Waals surface area contributed by atoms with Crippen molar-refractivity contribution in [3.05, 3.63) is 42.0 Å². The summed E-state index contributed by atoms with van der Waals surface area (Å²) in [4.78, 5) is 0. The van der Waals surface area contributed by atoms with Crippen LogP contribution in [0.25, 0.3) is 10.8 Å². The molecule has 1 aliphatic rings. The smallest absolute Gasteiger partial charge is 0.127 e. The van der Waals surface area contributed by atoms with Gasteiger partial charge in [-0.3, -0.25) is 0 Å². The van der Waals surface area contributed by atoms with Crippen LogP contribution in [0.2, 0.25) is 0 Å². The van der Waals surface area contributed by atoms with Gasteiger partial charge in [0.05, 0.1) is 17.7 Å². The fourth-order valence-electron chi connectivity index (χ4n) is 3.26. The third-order valence-corrected chi connectivity index (χ3v) is 4.85. The normalized spacial score (nSPS) is 25.5. The zero-order valence-electron chi connectivity index (χ0n) is 12.7. The lowest BCUT2D eigenvalue weighted by atomic mass is 9.80. The highest BCUT2D eigenvalue weighted by atomic mass is 16.5. The van der Waals surface area contributed by atoms with E-state index in [-0.39, 0.29) is 0 Å². The molecule has 1 aliphatic carbocycles. The first-order valence-corrected chi connectivity index (χ1v) is 7.77. The van der Waals surface area contributed by atoms with Gasteiger partial charge in [-0.05, 0) is 43.2 Å². The fraction of sp³-hybridized carbons (Fsp3) is 0.421. The lowest BCUT2D eigenvalue weighted by Gasteiger charge is -2.32. The zero-order chi connectivity index (χ0) is 14.8. The lowest BCUT2D eigenvalue weighted by Crippen LogP contribution is -2.28. The largest absolute Gasteiger partial charge is 0.490 e. The van der Waals surface area contributed by atoms with Gasteiger partial charge in [-0.2, -0.15) is 5.26 Å². The van der Waals surface area contributed by atoms with Gasteiger partial charge < -0.3 is 4.74 Å². The van der Waals surface area contributed by atoms with Crippen LogP contribution in [-0.4, -0.2) is 6.10 Å². The standard InChI is InChI=1S/C19H21NO/c1-13-7-9-16(11-14(13)2)21-19-10-8-15(12-20)17-5-3-4-6-18(17)19/h3-6,8,10,13-14,16H,7,9,11H2,1-2H3. The van der Waals surface area contributed by atoms with Gasteiger partial charge in [0, 0.05) is 10.8 Å². The molecule has 0 N–H and O–H groups in total. The highest BCUT2D eigenvalue weighted by Crippen LogP contribution is 2.34. The number of hydrogen-bond donors (Lipinski definition) is 0. The summed E-state index contributed by atoms with van der Waals surface area (Å²) in [6.45, 7) is 4.65. The number of nitriles is 1. The number of fused-ring (bicyclic) bond motifs is 1. The Morgan fingerprint density at radius 1 is 1.00 bits per heavy atom. The highest BCUT2D eigenvalue weighted by molar-refractivity contribution is 5.92. The molecular weight excluding hydrogens is 258 g/mol. The van der Waals surface area contributed by atoms with E-state index in [1.54, 1.807) is 0 Å². The topological polar surface area (TPSA) is 33.0 Å². The van der Waals surface area contributed by atoms with Crippen LogP contribution >= 0.6 is 0 Å². The minimum atomic E-state index is 0.299. The second-order valence-electron chi connectivity index (χ2n) is 6.28. The van der Waals surface area contributed by atoms with Gasteiger partial charge in [-0.1, -0.05) is 38.1 Å². The molecule has 2 nitrogen and oxygen atoms in total. The molecule has 1 saturated carbocycles. The van der Waals surface area contributed by atoms with Gasteiger partial charge in [0.15, 0.2) is 0 Å². The molecule has 0 amide bonds. The summed E-state index contributed by atoms with van der Waals surface area (Å²) in [5, 5.41) is 11.2. The molecule has 0 radical (unpaired) electrons. The Balaban J connectivity index is 1.90. The lowest BCUT2D eigenvalue weighted by molar-refractivity contribution is 0.102. The van der Waals surface area contributed by atoms with Crippen molar-refractivity contribution in [1.82, 2.24) is 0 Å². The summed E-state index contributed by atoms with van der Waals surface area (Å²) < 4.78 is 6.28. The minimum absolute atomic E-state index is 0.299. The summed E-state index contributed by atoms with van der Waals surface area (Å²) in [5.41, 5.74) is 0.712. The van der Waals surface area contributed by atoms with Gasteiger partial charge >= 0.3 is 0 Å². The number of ether oxygens (including phenoxy) is 1. The van der Waals surface area contributed by atoms with Crippen LogP contribution in [0.15, 0.2) is 36.4 Å². The first-order chi connectivity index (χ1) is 10.2. The molecule has 0 bridgehead atoms. The van der Waals surface area contributed by atoms with E-state index in [2.05, 4.69) is 19.9 Å². The molecule has 0 saturated heterocycles. The van der Waals surface area contributed by atoms with Gasteiger partial charge in [0.2, 0.25) is 0 Å². The Morgan fingerprint density at radius 3 is 2.48 bits per heavy atom. The van der Waals surface area contributed by atoms with Crippen molar-refractivity contribution in [3.8, 4) is 11.8 Å². The summed E-state index contributed by atoms with van der Waals surface area (Å²) in [6.07, 6.45) is 3.78. The van der Waals surface area contributed by atoms with E-state index in [1.807, 2.05) is 36.4 Å². The first-order valence-electron chi connectivity index (χ1n) is 7.77. The molecule has 0 aromatic heterocycles. The van der Waals surface area contributed by atoms with Crippen LogP contribution in [-0.2, 0) is 0 Å². The number of rotatable bonds is 2. The van der Waals surface area contributed by atoms with Crippen LogP contribution in [0.3, 0.4) is 0 Å². The maximum absolute atomic E-state index is 9.22. The van der Waals surface area contributed by atoms with Gasteiger partial charge in [0.25, 0.3) is 0 Å². The van der Waals surface area contributed by atoms with E-state index < -0.39 is 0 Å². The predicted octanol–water partition coefficient (Wildman–Crippen LogP) is 4.91. The number of nitrogens with zero attached hydrogens (tertiary/aromatic N) is 1. The van der Waals surface area contributed by atoms with Crippen LogP contribution in [0.1, 0.15) is 38.7 Å². The molecule has 2 heteroatoms. The minimum Gasteiger partial charge on any atom is -0.490 e. The Labute approximate surface area is 126 Å². The van der Waals surface area contributed by atoms with Crippen LogP contribution in [0.4, 0.5) is 0 Å². The molecule has 0 spiro atoms. The van der Waals surface area contributed by atoms with Crippen molar-refractivity contribution in [2.24, 2.45) is 11.8 Å². The Bertz CT molecular complexity index is 686. The monoisotopic (exact) mass is 279 g/mol. The number of benzene rings is 2. The van der Waals surface area contributed by atoms with Crippen molar-refractivity contribution in [3.63, 3.8) is 0 Å². The average molecular weight is 279 g/mol. The Hall–Kier alpha value is -2.01. The molecule has 0 aliphatic heterocycles. The van der Waals surface area contributed by atoms with E-state index in [0.29, 0.717) is 17.6 Å². The van der Waals surface area contributed by atoms with Gasteiger partial charge in [-0.15, -0.1) is 0 Å². The van der Waals surface area contributed by atoms with E-state index in [1.165, 1.54) is 6.42 Å². The van der Waals surface area contributed by atoms with Crippen molar-refractivity contribution < 1.29 is 4.74 Å². The SMILES string of the molecule is CC1CCC(Oc2ccc(C#N)c3ccccc23)CC1C. The van der Waals surface area contributed by atoms with Gasteiger partial charge in [0.1, 0.15) is 5.75 Å². The molecule has 3 unspecified atom stereocenters. The van der Waals surface area contributed by atoms with Crippen molar-refractivity contribution in [2.45, 2.75) is 39.2 Å². The Morgan fingerprint density at radius 2 is 1.76 bits per heavy atom. The fourth-order valence-corrected chi connectivity index (χ4v) is 3.26. The third kappa shape index (κ3) is 2.74. The van der Waals surface area contributed by atoms with E-state index in [9.17, 15) is 5.26 Å². The van der Waals surface area contributed by atoms with Crippen molar-refractivity contribution in [1.29, 1.82) is 5.26 Å². The van der Waals surface area contributed by atoms with Gasteiger partial charge in [-0.25, -0.2) is 0 Å². The average Bonchev–Trinajstić information content (AvgIpc) is 2.51. The second-order valence-corrected chi connectivity index (χ2v) is 6.28. The highest BCUT2D eigenvalue weighted by Gasteiger charge is 2.26. The molecule has 21 heavy (non-hydrogen) atoms. The molecule has 2 aromatic carbocycles. The summed E-state index contributed by atoms with van der Waals surface area (Å²) in [7, 11) is 0. The maximum atomic E-state index is 9.22. The quantitative estimate of drug-likeness (QED) is 0.782. The Kier molecular flexibility index (Phi) is 3.84. The molecule has 3 atom stereocenters. The van der Waals surface area contributed by atoms with Crippen LogP contribution in [0, 0.1) is 23.2 Å². The number of hydrogen-bond acceptors (Lipinski definition) is 2. The van der Waals surface area contributed by atoms with Crippen molar-refractivity contribution in [2.75, 3.05) is 0 Å². The molecule has 108 valence electrons. The maximum Gasteiger partial charge on any atom is 0.127 e. The molecular formula is C19H21NO. The molecule has 1 fully saturated rings. The van der Waals surface area contributed by atoms with Crippen LogP contribution in [0.5, 0.6) is 5.75 Å². The first kappa shape index (κ1) is 13.9. The zero-order valence-corrected chi connectivity index (χ0v) is 12.7. The van der Waals surface area contributed by atoms with E-state index in [4.69, 9.17) is 4.74 Å². The molecule has 0 heterocycles. The van der Waals surface area contributed by atoms with E-state index >= 15 is 0 Å².